The van der Waals surface area contributed by atoms with Gasteiger partial charge in [-0.1, -0.05) is 24.3 Å². The Morgan fingerprint density at radius 1 is 1.13 bits per heavy atom. The van der Waals surface area contributed by atoms with E-state index in [1.54, 1.807) is 42.5 Å². The van der Waals surface area contributed by atoms with Crippen LogP contribution in [0.1, 0.15) is 11.1 Å². The molecule has 0 saturated heterocycles. The highest BCUT2D eigenvalue weighted by atomic mass is 16.6. The third-order valence-electron chi connectivity index (χ3n) is 4.43. The van der Waals surface area contributed by atoms with Gasteiger partial charge in [0.2, 0.25) is 5.91 Å². The van der Waals surface area contributed by atoms with E-state index >= 15 is 0 Å². The number of amides is 1. The molecule has 2 N–H and O–H groups in total. The van der Waals surface area contributed by atoms with E-state index in [9.17, 15) is 20.0 Å². The molecule has 0 saturated carbocycles. The number of carbonyl (C=O) groups excluding carboxylic acids is 1. The second kappa shape index (κ2) is 8.91. The van der Waals surface area contributed by atoms with Crippen LogP contribution >= 0.6 is 0 Å². The lowest BCUT2D eigenvalue weighted by atomic mass is 10.0. The van der Waals surface area contributed by atoms with Crippen LogP contribution in [0.5, 0.6) is 17.2 Å². The molecule has 0 radical (unpaired) electrons. The smallest absolute Gasteiger partial charge is 0.278 e. The SMILES string of the molecule is COc1ccc(CC(=O)NN=Cc2cc([N+](=O)[O-])c3ccccc3c2O)cc1OC. The fourth-order valence-electron chi connectivity index (χ4n) is 3.00. The van der Waals surface area contributed by atoms with Crippen molar-refractivity contribution in [2.24, 2.45) is 5.10 Å². The lowest BCUT2D eigenvalue weighted by Gasteiger charge is -2.09. The van der Waals surface area contributed by atoms with Crippen molar-refractivity contribution in [1.82, 2.24) is 5.43 Å². The van der Waals surface area contributed by atoms with Gasteiger partial charge in [0.1, 0.15) is 5.75 Å². The minimum atomic E-state index is -0.533. The number of hydrogen-bond acceptors (Lipinski definition) is 7. The van der Waals surface area contributed by atoms with Crippen LogP contribution in [-0.2, 0) is 11.2 Å². The zero-order valence-electron chi connectivity index (χ0n) is 16.3. The van der Waals surface area contributed by atoms with Crippen molar-refractivity contribution in [1.29, 1.82) is 0 Å². The van der Waals surface area contributed by atoms with E-state index in [0.29, 0.717) is 27.8 Å². The molecule has 9 heteroatoms. The molecule has 3 aromatic rings. The topological polar surface area (TPSA) is 123 Å². The van der Waals surface area contributed by atoms with Crippen molar-refractivity contribution in [3.05, 3.63) is 69.8 Å². The van der Waals surface area contributed by atoms with Crippen LogP contribution < -0.4 is 14.9 Å². The highest BCUT2D eigenvalue weighted by Crippen LogP contribution is 2.34. The molecule has 3 rings (SSSR count). The summed E-state index contributed by atoms with van der Waals surface area (Å²) in [6.07, 6.45) is 1.20. The number of methoxy groups -OCH3 is 2. The highest BCUT2D eigenvalue weighted by molar-refractivity contribution is 6.02. The van der Waals surface area contributed by atoms with Gasteiger partial charge in [-0.25, -0.2) is 5.43 Å². The lowest BCUT2D eigenvalue weighted by molar-refractivity contribution is -0.383. The maximum atomic E-state index is 12.2. The molecule has 0 aliphatic heterocycles. The summed E-state index contributed by atoms with van der Waals surface area (Å²) < 4.78 is 10.4. The molecule has 9 nitrogen and oxygen atoms in total. The number of phenols is 1. The second-order valence-electron chi connectivity index (χ2n) is 6.30. The average molecular weight is 409 g/mol. The summed E-state index contributed by atoms with van der Waals surface area (Å²) in [4.78, 5) is 23.0. The van der Waals surface area contributed by atoms with Gasteiger partial charge in [-0.3, -0.25) is 14.9 Å². The first-order chi connectivity index (χ1) is 14.4. The summed E-state index contributed by atoms with van der Waals surface area (Å²) in [5.41, 5.74) is 2.98. The van der Waals surface area contributed by atoms with Crippen LogP contribution in [0.15, 0.2) is 53.6 Å². The summed E-state index contributed by atoms with van der Waals surface area (Å²) in [5, 5.41) is 26.2. The number of phenolic OH excluding ortho intramolecular Hbond substituents is 1. The number of rotatable bonds is 7. The van der Waals surface area contributed by atoms with Gasteiger partial charge in [0.25, 0.3) is 5.69 Å². The van der Waals surface area contributed by atoms with Crippen LogP contribution in [0.25, 0.3) is 10.8 Å². The average Bonchev–Trinajstić information content (AvgIpc) is 2.75. The van der Waals surface area contributed by atoms with E-state index < -0.39 is 10.8 Å². The number of aromatic hydroxyl groups is 1. The lowest BCUT2D eigenvalue weighted by Crippen LogP contribution is -2.19. The molecule has 154 valence electrons. The molecule has 3 aromatic carbocycles. The molecule has 1 amide bonds. The van der Waals surface area contributed by atoms with Crippen LogP contribution in [-0.4, -0.2) is 36.4 Å². The molecule has 0 heterocycles. The standard InChI is InChI=1S/C21H19N3O6/c1-29-18-8-7-13(9-19(18)30-2)10-20(25)23-22-12-14-11-17(24(27)28)15-5-3-4-6-16(15)21(14)26/h3-9,11-12,26H,10H2,1-2H3,(H,23,25). The Hall–Kier alpha value is -4.14. The Bertz CT molecular complexity index is 1140. The van der Waals surface area contributed by atoms with Crippen LogP contribution in [0.3, 0.4) is 0 Å². The summed E-state index contributed by atoms with van der Waals surface area (Å²) in [7, 11) is 3.02. The minimum absolute atomic E-state index is 0.0293. The quantitative estimate of drug-likeness (QED) is 0.351. The Morgan fingerprint density at radius 2 is 1.83 bits per heavy atom. The zero-order chi connectivity index (χ0) is 21.7. The van der Waals surface area contributed by atoms with Gasteiger partial charge in [-0.2, -0.15) is 5.10 Å². The first-order valence-electron chi connectivity index (χ1n) is 8.86. The molecular formula is C21H19N3O6. The third-order valence-corrected chi connectivity index (χ3v) is 4.43. The van der Waals surface area contributed by atoms with E-state index in [-0.39, 0.29) is 23.4 Å². The second-order valence-corrected chi connectivity index (χ2v) is 6.30. The maximum absolute atomic E-state index is 12.2. The van der Waals surface area contributed by atoms with Gasteiger partial charge in [0.15, 0.2) is 11.5 Å². The number of non-ortho nitro benzene ring substituents is 1. The minimum Gasteiger partial charge on any atom is -0.507 e. The number of fused-ring (bicyclic) bond motifs is 1. The molecule has 0 spiro atoms. The fraction of sp³-hybridized carbons (Fsp3) is 0.143. The number of nitro groups is 1. The molecule has 0 aliphatic carbocycles. The Labute approximate surface area is 171 Å². The van der Waals surface area contributed by atoms with Crippen molar-refractivity contribution in [3.63, 3.8) is 0 Å². The molecule has 0 aromatic heterocycles. The number of hydrogen-bond donors (Lipinski definition) is 2. The van der Waals surface area contributed by atoms with E-state index in [4.69, 9.17) is 9.47 Å². The summed E-state index contributed by atoms with van der Waals surface area (Å²) in [5.74, 6) is 0.482. The van der Waals surface area contributed by atoms with Crippen LogP contribution in [0.2, 0.25) is 0 Å². The summed E-state index contributed by atoms with van der Waals surface area (Å²) in [6.45, 7) is 0. The molecular weight excluding hydrogens is 390 g/mol. The Morgan fingerprint density at radius 3 is 2.50 bits per heavy atom. The monoisotopic (exact) mass is 409 g/mol. The van der Waals surface area contributed by atoms with Crippen molar-refractivity contribution in [3.8, 4) is 17.2 Å². The highest BCUT2D eigenvalue weighted by Gasteiger charge is 2.17. The number of hydrazone groups is 1. The van der Waals surface area contributed by atoms with Gasteiger partial charge < -0.3 is 14.6 Å². The van der Waals surface area contributed by atoms with Crippen molar-refractivity contribution >= 4 is 28.6 Å². The van der Waals surface area contributed by atoms with Gasteiger partial charge in [0.05, 0.1) is 37.2 Å². The number of carbonyl (C=O) groups is 1. The maximum Gasteiger partial charge on any atom is 0.278 e. The third kappa shape index (κ3) is 4.30. The molecule has 0 unspecified atom stereocenters. The molecule has 0 fully saturated rings. The van der Waals surface area contributed by atoms with Crippen LogP contribution in [0, 0.1) is 10.1 Å². The first kappa shape index (κ1) is 20.6. The number of nitrogens with zero attached hydrogens (tertiary/aromatic N) is 2. The van der Waals surface area contributed by atoms with Crippen molar-refractivity contribution in [2.45, 2.75) is 6.42 Å². The predicted octanol–water partition coefficient (Wildman–Crippen LogP) is 3.16. The number of benzene rings is 3. The number of ether oxygens (including phenoxy) is 2. The van der Waals surface area contributed by atoms with Gasteiger partial charge in [0, 0.05) is 17.0 Å². The molecule has 0 atom stereocenters. The largest absolute Gasteiger partial charge is 0.507 e. The van der Waals surface area contributed by atoms with Gasteiger partial charge >= 0.3 is 0 Å². The molecule has 0 bridgehead atoms. The normalized spacial score (nSPS) is 10.9. The first-order valence-corrected chi connectivity index (χ1v) is 8.86. The Balaban J connectivity index is 1.77. The van der Waals surface area contributed by atoms with Gasteiger partial charge in [-0.15, -0.1) is 0 Å². The van der Waals surface area contributed by atoms with E-state index in [0.717, 1.165) is 0 Å². The zero-order valence-corrected chi connectivity index (χ0v) is 16.3. The van der Waals surface area contributed by atoms with Crippen LogP contribution in [0.4, 0.5) is 5.69 Å². The van der Waals surface area contributed by atoms with Gasteiger partial charge in [-0.05, 0) is 23.8 Å². The molecule has 30 heavy (non-hydrogen) atoms. The number of nitro benzene ring substituents is 1. The predicted molar refractivity (Wildman–Crippen MR) is 111 cm³/mol. The Kier molecular flexibility index (Phi) is 6.11. The van der Waals surface area contributed by atoms with E-state index in [2.05, 4.69) is 10.5 Å². The van der Waals surface area contributed by atoms with Crippen molar-refractivity contribution < 1.29 is 24.3 Å². The van der Waals surface area contributed by atoms with E-state index in [1.807, 2.05) is 0 Å². The van der Waals surface area contributed by atoms with E-state index in [1.165, 1.54) is 26.5 Å². The molecule has 0 aliphatic rings. The summed E-state index contributed by atoms with van der Waals surface area (Å²) >= 11 is 0. The summed E-state index contributed by atoms with van der Waals surface area (Å²) in [6, 6.07) is 12.8. The fourth-order valence-corrected chi connectivity index (χ4v) is 3.00. The van der Waals surface area contributed by atoms with Crippen molar-refractivity contribution in [2.75, 3.05) is 14.2 Å². The number of nitrogens with one attached hydrogen (secondary N) is 1.